The molecule has 0 aromatic heterocycles. The van der Waals surface area contributed by atoms with Crippen LogP contribution in [-0.2, 0) is 17.8 Å². The molecule has 6 heteroatoms. The van der Waals surface area contributed by atoms with Gasteiger partial charge in [-0.3, -0.25) is 14.5 Å². The molecule has 2 aromatic carbocycles. The van der Waals surface area contributed by atoms with Crippen LogP contribution >= 0.6 is 0 Å². The molecule has 0 saturated heterocycles. The molecule has 0 atom stereocenters. The van der Waals surface area contributed by atoms with Gasteiger partial charge >= 0.3 is 6.09 Å². The Balaban J connectivity index is 1.60. The van der Waals surface area contributed by atoms with Crippen LogP contribution in [-0.4, -0.2) is 28.4 Å². The van der Waals surface area contributed by atoms with Crippen LogP contribution in [0.25, 0.3) is 0 Å². The summed E-state index contributed by atoms with van der Waals surface area (Å²) in [6.45, 7) is 5.97. The number of nitrogens with one attached hydrogen (secondary N) is 1. The summed E-state index contributed by atoms with van der Waals surface area (Å²) in [6, 6.07) is 14.2. The first-order valence-corrected chi connectivity index (χ1v) is 8.74. The number of fused-ring (bicyclic) bond motifs is 1. The second kappa shape index (κ2) is 7.23. The Morgan fingerprint density at radius 3 is 1.96 bits per heavy atom. The van der Waals surface area contributed by atoms with Crippen molar-refractivity contribution in [3.63, 3.8) is 0 Å². The van der Waals surface area contributed by atoms with E-state index in [1.54, 1.807) is 45.0 Å². The Morgan fingerprint density at radius 2 is 1.44 bits per heavy atom. The molecule has 1 heterocycles. The zero-order chi connectivity index (χ0) is 19.6. The van der Waals surface area contributed by atoms with Crippen molar-refractivity contribution in [3.05, 3.63) is 70.8 Å². The molecular weight excluding hydrogens is 344 g/mol. The summed E-state index contributed by atoms with van der Waals surface area (Å²) in [6.07, 6.45) is -0.474. The molecule has 0 bridgehead atoms. The van der Waals surface area contributed by atoms with Crippen molar-refractivity contribution in [2.24, 2.45) is 0 Å². The normalized spacial score (nSPS) is 13.5. The van der Waals surface area contributed by atoms with Crippen molar-refractivity contribution in [3.8, 4) is 0 Å². The molecule has 1 aliphatic rings. The van der Waals surface area contributed by atoms with Crippen molar-refractivity contribution in [2.45, 2.75) is 39.5 Å². The summed E-state index contributed by atoms with van der Waals surface area (Å²) >= 11 is 0. The third-order valence-electron chi connectivity index (χ3n) is 4.08. The third kappa shape index (κ3) is 4.34. The summed E-state index contributed by atoms with van der Waals surface area (Å²) in [5.41, 5.74) is 2.08. The Labute approximate surface area is 158 Å². The second-order valence-electron chi connectivity index (χ2n) is 7.41. The van der Waals surface area contributed by atoms with Crippen molar-refractivity contribution in [1.82, 2.24) is 10.2 Å². The average molecular weight is 366 g/mol. The first-order chi connectivity index (χ1) is 12.7. The molecule has 0 saturated carbocycles. The molecule has 0 spiro atoms. The lowest BCUT2D eigenvalue weighted by Crippen LogP contribution is -2.32. The number of alkyl carbamates (subject to hydrolysis) is 1. The highest BCUT2D eigenvalue weighted by Gasteiger charge is 2.34. The van der Waals surface area contributed by atoms with Crippen LogP contribution in [0.5, 0.6) is 0 Å². The van der Waals surface area contributed by atoms with Gasteiger partial charge in [-0.05, 0) is 44.0 Å². The van der Waals surface area contributed by atoms with Gasteiger partial charge in [0.05, 0.1) is 17.7 Å². The lowest BCUT2D eigenvalue weighted by molar-refractivity contribution is 0.0522. The molecule has 1 N–H and O–H groups in total. The predicted octanol–water partition coefficient (Wildman–Crippen LogP) is 3.51. The maximum atomic E-state index is 12.4. The number of rotatable bonds is 4. The van der Waals surface area contributed by atoms with Gasteiger partial charge in [0.15, 0.2) is 0 Å². The van der Waals surface area contributed by atoms with Gasteiger partial charge in [0.25, 0.3) is 11.8 Å². The predicted molar refractivity (Wildman–Crippen MR) is 100 cm³/mol. The van der Waals surface area contributed by atoms with Gasteiger partial charge in [-0.2, -0.15) is 0 Å². The largest absolute Gasteiger partial charge is 0.444 e. The van der Waals surface area contributed by atoms with Gasteiger partial charge < -0.3 is 10.1 Å². The number of imide groups is 1. The number of benzene rings is 2. The van der Waals surface area contributed by atoms with Gasteiger partial charge in [-0.1, -0.05) is 36.4 Å². The summed E-state index contributed by atoms with van der Waals surface area (Å²) in [5, 5.41) is 2.69. The van der Waals surface area contributed by atoms with Gasteiger partial charge in [0.2, 0.25) is 0 Å². The first kappa shape index (κ1) is 18.6. The molecule has 0 fully saturated rings. The number of nitrogens with zero attached hydrogens (tertiary/aromatic N) is 1. The molecule has 3 amide bonds. The number of carbonyl (C=O) groups excluding carboxylic acids is 3. The number of amides is 3. The second-order valence-corrected chi connectivity index (χ2v) is 7.41. The summed E-state index contributed by atoms with van der Waals surface area (Å²) in [5.74, 6) is -0.544. The monoisotopic (exact) mass is 366 g/mol. The van der Waals surface area contributed by atoms with Crippen LogP contribution in [0, 0.1) is 0 Å². The van der Waals surface area contributed by atoms with Crippen LogP contribution < -0.4 is 5.32 Å². The Bertz CT molecular complexity index is 847. The Morgan fingerprint density at radius 1 is 0.926 bits per heavy atom. The van der Waals surface area contributed by atoms with Crippen molar-refractivity contribution < 1.29 is 19.1 Å². The van der Waals surface area contributed by atoms with Crippen LogP contribution in [0.2, 0.25) is 0 Å². The van der Waals surface area contributed by atoms with Crippen LogP contribution in [0.3, 0.4) is 0 Å². The molecule has 140 valence electrons. The maximum absolute atomic E-state index is 12.4. The summed E-state index contributed by atoms with van der Waals surface area (Å²) in [7, 11) is 0. The fourth-order valence-corrected chi connectivity index (χ4v) is 2.82. The standard InChI is InChI=1S/C21H22N2O4/c1-21(2,3)27-20(26)22-12-14-8-10-15(11-9-14)13-23-18(24)16-6-4-5-7-17(16)19(23)25/h4-11H,12-13H2,1-3H3,(H,22,26). The minimum absolute atomic E-state index is 0.214. The van der Waals surface area contributed by atoms with Gasteiger partial charge in [-0.25, -0.2) is 4.79 Å². The van der Waals surface area contributed by atoms with E-state index in [2.05, 4.69) is 5.32 Å². The van der Waals surface area contributed by atoms with Crippen LogP contribution in [0.1, 0.15) is 52.6 Å². The SMILES string of the molecule is CC(C)(C)OC(=O)NCc1ccc(CN2C(=O)c3ccccc3C2=O)cc1. The van der Waals surface area contributed by atoms with E-state index >= 15 is 0 Å². The average Bonchev–Trinajstić information content (AvgIpc) is 2.85. The molecule has 3 rings (SSSR count). The minimum atomic E-state index is -0.541. The highest BCUT2D eigenvalue weighted by atomic mass is 16.6. The van der Waals surface area contributed by atoms with Gasteiger partial charge in [0, 0.05) is 6.54 Å². The number of ether oxygens (including phenoxy) is 1. The molecule has 0 radical (unpaired) electrons. The number of hydrogen-bond acceptors (Lipinski definition) is 4. The lowest BCUT2D eigenvalue weighted by atomic mass is 10.1. The van der Waals surface area contributed by atoms with E-state index in [1.807, 2.05) is 24.3 Å². The molecule has 2 aromatic rings. The maximum Gasteiger partial charge on any atom is 0.407 e. The van der Waals surface area contributed by atoms with E-state index in [4.69, 9.17) is 4.74 Å². The van der Waals surface area contributed by atoms with Crippen molar-refractivity contribution in [2.75, 3.05) is 0 Å². The Hall–Kier alpha value is -3.15. The van der Waals surface area contributed by atoms with Gasteiger partial charge in [0.1, 0.15) is 5.60 Å². The number of hydrogen-bond donors (Lipinski definition) is 1. The zero-order valence-corrected chi connectivity index (χ0v) is 15.6. The molecule has 6 nitrogen and oxygen atoms in total. The highest BCUT2D eigenvalue weighted by Crippen LogP contribution is 2.24. The number of carbonyl (C=O) groups is 3. The fraction of sp³-hybridized carbons (Fsp3) is 0.286. The van der Waals surface area contributed by atoms with Gasteiger partial charge in [-0.15, -0.1) is 0 Å². The zero-order valence-electron chi connectivity index (χ0n) is 15.6. The smallest absolute Gasteiger partial charge is 0.407 e. The van der Waals surface area contributed by atoms with Crippen LogP contribution in [0.15, 0.2) is 48.5 Å². The molecule has 0 aliphatic carbocycles. The molecule has 27 heavy (non-hydrogen) atoms. The van der Waals surface area contributed by atoms with Crippen molar-refractivity contribution in [1.29, 1.82) is 0 Å². The van der Waals surface area contributed by atoms with E-state index in [0.717, 1.165) is 11.1 Å². The topological polar surface area (TPSA) is 75.7 Å². The van der Waals surface area contributed by atoms with E-state index in [9.17, 15) is 14.4 Å². The highest BCUT2D eigenvalue weighted by molar-refractivity contribution is 6.21. The van der Waals surface area contributed by atoms with E-state index in [0.29, 0.717) is 17.7 Å². The molecule has 0 unspecified atom stereocenters. The van der Waals surface area contributed by atoms with E-state index in [-0.39, 0.29) is 18.4 Å². The third-order valence-corrected chi connectivity index (χ3v) is 4.08. The van der Waals surface area contributed by atoms with Crippen molar-refractivity contribution >= 4 is 17.9 Å². The first-order valence-electron chi connectivity index (χ1n) is 8.74. The van der Waals surface area contributed by atoms with Crippen LogP contribution in [0.4, 0.5) is 4.79 Å². The quantitative estimate of drug-likeness (QED) is 0.840. The molecular formula is C21H22N2O4. The summed E-state index contributed by atoms with van der Waals surface area (Å²) < 4.78 is 5.19. The Kier molecular flexibility index (Phi) is 4.99. The van der Waals surface area contributed by atoms with E-state index < -0.39 is 11.7 Å². The molecule has 1 aliphatic heterocycles. The van der Waals surface area contributed by atoms with E-state index in [1.165, 1.54) is 4.90 Å². The lowest BCUT2D eigenvalue weighted by Gasteiger charge is -2.19. The fourth-order valence-electron chi connectivity index (χ4n) is 2.82. The minimum Gasteiger partial charge on any atom is -0.444 e. The summed E-state index contributed by atoms with van der Waals surface area (Å²) in [4.78, 5) is 37.8.